The Morgan fingerprint density at radius 2 is 1.82 bits per heavy atom. The second-order valence-electron chi connectivity index (χ2n) is 7.71. The molecule has 0 unspecified atom stereocenters. The van der Waals surface area contributed by atoms with Crippen molar-refractivity contribution in [1.82, 2.24) is 4.57 Å². The number of esters is 1. The Hall–Kier alpha value is -3.62. The minimum Gasteiger partial charge on any atom is -0.454 e. The Balaban J connectivity index is 1.35. The van der Waals surface area contributed by atoms with E-state index in [4.69, 9.17) is 14.2 Å². The number of aryl methyl sites for hydroxylation is 1. The largest absolute Gasteiger partial charge is 0.454 e. The lowest BCUT2D eigenvalue weighted by atomic mass is 10.1. The first-order valence-corrected chi connectivity index (χ1v) is 12.4. The molecule has 0 aliphatic carbocycles. The van der Waals surface area contributed by atoms with Gasteiger partial charge in [0.25, 0.3) is 0 Å². The third-order valence-electron chi connectivity index (χ3n) is 5.52. The van der Waals surface area contributed by atoms with Crippen LogP contribution in [0, 0.1) is 13.8 Å². The van der Waals surface area contributed by atoms with Gasteiger partial charge in [0, 0.05) is 38.5 Å². The quantitative estimate of drug-likeness (QED) is 0.183. The summed E-state index contributed by atoms with van der Waals surface area (Å²) in [5.74, 6) is 0.598. The maximum atomic E-state index is 13.0. The highest BCUT2D eigenvalue weighted by atomic mass is 32.1. The van der Waals surface area contributed by atoms with Crippen molar-refractivity contribution in [1.29, 1.82) is 0 Å². The maximum absolute atomic E-state index is 13.0. The molecule has 0 fully saturated rings. The first-order valence-electron chi connectivity index (χ1n) is 10.6. The normalized spacial score (nSPS) is 12.7. The van der Waals surface area contributed by atoms with E-state index in [9.17, 15) is 9.59 Å². The predicted octanol–water partition coefficient (Wildman–Crippen LogP) is 5.91. The molecular weight excluding hydrogens is 470 g/mol. The summed E-state index contributed by atoms with van der Waals surface area (Å²) < 4.78 is 18.3. The number of thiophene rings is 2. The molecule has 3 aromatic heterocycles. The fourth-order valence-electron chi connectivity index (χ4n) is 3.93. The summed E-state index contributed by atoms with van der Waals surface area (Å²) in [5, 5.41) is 3.85. The molecule has 6 nitrogen and oxygen atoms in total. The fourth-order valence-corrected chi connectivity index (χ4v) is 5.32. The summed E-state index contributed by atoms with van der Waals surface area (Å²) in [4.78, 5) is 27.7. The predicted molar refractivity (Wildman–Crippen MR) is 133 cm³/mol. The maximum Gasteiger partial charge on any atom is 0.340 e. The average molecular weight is 492 g/mol. The molecule has 1 aliphatic heterocycles. The Labute approximate surface area is 204 Å². The second-order valence-corrected chi connectivity index (χ2v) is 9.63. The first-order chi connectivity index (χ1) is 16.5. The third-order valence-corrected chi connectivity index (χ3v) is 7.24. The van der Waals surface area contributed by atoms with Crippen LogP contribution in [0.2, 0.25) is 0 Å². The van der Waals surface area contributed by atoms with E-state index in [2.05, 4.69) is 0 Å². The Bertz CT molecular complexity index is 1380. The number of carbonyl (C=O) groups is 2. The number of nitrogens with zero attached hydrogens (tertiary/aromatic N) is 1. The number of fused-ring (bicyclic) bond motifs is 1. The van der Waals surface area contributed by atoms with Crippen LogP contribution in [0.3, 0.4) is 0 Å². The summed E-state index contributed by atoms with van der Waals surface area (Å²) >= 11 is 2.99. The van der Waals surface area contributed by atoms with Gasteiger partial charge in [-0.3, -0.25) is 4.79 Å². The number of Topliss-reactive ketones (excluding diaryl/α,β-unsaturated/α-hetero) is 1. The van der Waals surface area contributed by atoms with Gasteiger partial charge in [-0.25, -0.2) is 4.79 Å². The number of ether oxygens (including phenoxy) is 3. The highest BCUT2D eigenvalue weighted by Gasteiger charge is 2.22. The summed E-state index contributed by atoms with van der Waals surface area (Å²) in [7, 11) is 0. The zero-order chi connectivity index (χ0) is 23.7. The van der Waals surface area contributed by atoms with E-state index in [1.165, 1.54) is 22.7 Å². The van der Waals surface area contributed by atoms with E-state index < -0.39 is 5.97 Å². The number of aromatic nitrogens is 1. The molecule has 5 rings (SSSR count). The summed E-state index contributed by atoms with van der Waals surface area (Å²) in [6.45, 7) is 3.67. The summed E-state index contributed by atoms with van der Waals surface area (Å²) in [5.41, 5.74) is 3.49. The molecule has 0 bridgehead atoms. The van der Waals surface area contributed by atoms with Gasteiger partial charge in [-0.2, -0.15) is 0 Å². The molecule has 0 atom stereocenters. The van der Waals surface area contributed by atoms with Crippen molar-refractivity contribution in [3.63, 3.8) is 0 Å². The van der Waals surface area contributed by atoms with Crippen LogP contribution in [0.4, 0.5) is 0 Å². The van der Waals surface area contributed by atoms with Gasteiger partial charge in [-0.05, 0) is 61.0 Å². The number of benzene rings is 1. The Morgan fingerprint density at radius 3 is 2.59 bits per heavy atom. The highest BCUT2D eigenvalue weighted by Crippen LogP contribution is 2.35. The minimum atomic E-state index is -0.520. The molecular formula is C26H21NO5S2. The van der Waals surface area contributed by atoms with Crippen molar-refractivity contribution < 1.29 is 23.8 Å². The number of ketones is 1. The first kappa shape index (κ1) is 22.2. The van der Waals surface area contributed by atoms with Crippen molar-refractivity contribution in [3.05, 3.63) is 86.0 Å². The molecule has 0 amide bonds. The highest BCUT2D eigenvalue weighted by molar-refractivity contribution is 7.12. The monoisotopic (exact) mass is 491 g/mol. The molecule has 4 aromatic rings. The van der Waals surface area contributed by atoms with Gasteiger partial charge in [0.15, 0.2) is 18.1 Å². The Morgan fingerprint density at radius 1 is 1.03 bits per heavy atom. The molecule has 0 saturated carbocycles. The van der Waals surface area contributed by atoms with Gasteiger partial charge in [-0.15, -0.1) is 22.7 Å². The van der Waals surface area contributed by atoms with Crippen molar-refractivity contribution in [2.75, 3.05) is 13.4 Å². The number of hydrogen-bond donors (Lipinski definition) is 0. The van der Waals surface area contributed by atoms with Crippen molar-refractivity contribution >= 4 is 46.1 Å². The van der Waals surface area contributed by atoms with Gasteiger partial charge >= 0.3 is 5.97 Å². The van der Waals surface area contributed by atoms with Gasteiger partial charge < -0.3 is 18.8 Å². The van der Waals surface area contributed by atoms with Crippen LogP contribution in [0.5, 0.6) is 11.5 Å². The lowest BCUT2D eigenvalue weighted by Crippen LogP contribution is -2.15. The fraction of sp³-hybridized carbons (Fsp3) is 0.154. The van der Waals surface area contributed by atoms with E-state index in [1.807, 2.05) is 77.7 Å². The van der Waals surface area contributed by atoms with Crippen molar-refractivity contribution in [2.24, 2.45) is 0 Å². The van der Waals surface area contributed by atoms with Crippen molar-refractivity contribution in [3.8, 4) is 17.2 Å². The topological polar surface area (TPSA) is 66.8 Å². The molecule has 0 N–H and O–H groups in total. The van der Waals surface area contributed by atoms with E-state index in [0.717, 1.165) is 26.8 Å². The number of hydrogen-bond acceptors (Lipinski definition) is 7. The zero-order valence-corrected chi connectivity index (χ0v) is 20.2. The molecule has 1 aliphatic rings. The molecule has 0 spiro atoms. The Kier molecular flexibility index (Phi) is 6.08. The molecule has 34 heavy (non-hydrogen) atoms. The standard InChI is InChI=1S/C26H21NO5S2/c1-16-11-20(17(2)27(16)18-7-8-23-24(12-18)32-15-31-23)22(28)14-30-26(29)21(25-6-4-10-34-25)13-19-5-3-9-33-19/h3-13H,14-15H2,1-2H3/b21-13+. The third kappa shape index (κ3) is 4.30. The van der Waals surface area contributed by atoms with Crippen LogP contribution >= 0.6 is 22.7 Å². The van der Waals surface area contributed by atoms with Crippen LogP contribution in [-0.4, -0.2) is 29.7 Å². The number of rotatable bonds is 7. The summed E-state index contributed by atoms with van der Waals surface area (Å²) in [6.07, 6.45) is 1.80. The van der Waals surface area contributed by atoms with Crippen LogP contribution in [0.1, 0.15) is 31.5 Å². The molecule has 1 aromatic carbocycles. The minimum absolute atomic E-state index is 0.200. The molecule has 0 radical (unpaired) electrons. The number of carbonyl (C=O) groups excluding carboxylic acids is 2. The molecule has 8 heteroatoms. The van der Waals surface area contributed by atoms with E-state index in [1.54, 1.807) is 6.08 Å². The van der Waals surface area contributed by atoms with Gasteiger partial charge in [0.1, 0.15) is 0 Å². The van der Waals surface area contributed by atoms with E-state index >= 15 is 0 Å². The zero-order valence-electron chi connectivity index (χ0n) is 18.6. The lowest BCUT2D eigenvalue weighted by Gasteiger charge is -2.11. The van der Waals surface area contributed by atoms with Crippen LogP contribution in [0.15, 0.2) is 59.3 Å². The average Bonchev–Trinajstić information content (AvgIpc) is 3.63. The smallest absolute Gasteiger partial charge is 0.340 e. The van der Waals surface area contributed by atoms with Gasteiger partial charge in [0.2, 0.25) is 12.6 Å². The van der Waals surface area contributed by atoms with E-state index in [0.29, 0.717) is 22.6 Å². The van der Waals surface area contributed by atoms with Crippen molar-refractivity contribution in [2.45, 2.75) is 13.8 Å². The lowest BCUT2D eigenvalue weighted by molar-refractivity contribution is -0.135. The van der Waals surface area contributed by atoms with Gasteiger partial charge in [-0.1, -0.05) is 12.1 Å². The second kappa shape index (κ2) is 9.32. The van der Waals surface area contributed by atoms with Crippen LogP contribution in [-0.2, 0) is 9.53 Å². The molecule has 0 saturated heterocycles. The summed E-state index contributed by atoms with van der Waals surface area (Å²) in [6, 6.07) is 15.1. The molecule has 172 valence electrons. The van der Waals surface area contributed by atoms with Gasteiger partial charge in [0.05, 0.1) is 5.57 Å². The van der Waals surface area contributed by atoms with E-state index in [-0.39, 0.29) is 19.2 Å². The van der Waals surface area contributed by atoms with Crippen LogP contribution < -0.4 is 9.47 Å². The van der Waals surface area contributed by atoms with Crippen LogP contribution in [0.25, 0.3) is 17.3 Å². The molecule has 4 heterocycles. The SMILES string of the molecule is Cc1cc(C(=O)COC(=O)/C(=C/c2cccs2)c2cccs2)c(C)n1-c1ccc2c(c1)OCO2.